The molecule has 0 fully saturated rings. The molecule has 0 saturated carbocycles. The van der Waals surface area contributed by atoms with Gasteiger partial charge in [0.1, 0.15) is 0 Å². The number of hydrogen-bond donors (Lipinski definition) is 0. The lowest BCUT2D eigenvalue weighted by atomic mass is 10.1. The van der Waals surface area contributed by atoms with Gasteiger partial charge in [0.05, 0.1) is 5.69 Å². The van der Waals surface area contributed by atoms with Gasteiger partial charge in [-0.05, 0) is 18.6 Å². The Bertz CT molecular complexity index is 173. The highest BCUT2D eigenvalue weighted by Crippen LogP contribution is 1.83. The predicted molar refractivity (Wildman–Crippen MR) is 36.1 cm³/mol. The molecule has 0 aliphatic carbocycles. The summed E-state index contributed by atoms with van der Waals surface area (Å²) in [5, 5.41) is 4.13. The minimum atomic E-state index is 1.09. The van der Waals surface area contributed by atoms with E-state index < -0.39 is 0 Å². The van der Waals surface area contributed by atoms with Gasteiger partial charge in [-0.25, -0.2) is 0 Å². The summed E-state index contributed by atoms with van der Waals surface area (Å²) in [6.45, 7) is 1.99. The lowest BCUT2D eigenvalue weighted by Crippen LogP contribution is -2.13. The van der Waals surface area contributed by atoms with Crippen molar-refractivity contribution in [2.24, 2.45) is 7.05 Å². The summed E-state index contributed by atoms with van der Waals surface area (Å²) in [6.07, 6.45) is 0. The van der Waals surface area contributed by atoms with Gasteiger partial charge in [0.15, 0.2) is 7.85 Å². The van der Waals surface area contributed by atoms with Gasteiger partial charge in [-0.15, -0.1) is 0 Å². The standard InChI is InChI=1S/C5H9BN2/c1-4-3-5(6)8(2)7-4/h3H,6H2,1-2H3. The number of aryl methyl sites for hydroxylation is 2. The zero-order valence-electron chi connectivity index (χ0n) is 5.47. The SMILES string of the molecule is Bc1cc(C)nn1C. The Morgan fingerprint density at radius 1 is 1.75 bits per heavy atom. The van der Waals surface area contributed by atoms with Crippen LogP contribution in [0.2, 0.25) is 0 Å². The smallest absolute Gasteiger partial charge is 0.163 e. The third kappa shape index (κ3) is 0.758. The molecule has 1 rings (SSSR count). The van der Waals surface area contributed by atoms with Gasteiger partial charge in [-0.2, -0.15) is 5.10 Å². The fraction of sp³-hybridized carbons (Fsp3) is 0.400. The number of rotatable bonds is 0. The minimum absolute atomic E-state index is 1.09. The maximum Gasteiger partial charge on any atom is 0.163 e. The first-order valence-electron chi connectivity index (χ1n) is 2.67. The van der Waals surface area contributed by atoms with E-state index in [1.165, 1.54) is 5.59 Å². The van der Waals surface area contributed by atoms with E-state index in [1.807, 2.05) is 26.5 Å². The van der Waals surface area contributed by atoms with Crippen molar-refractivity contribution in [3.05, 3.63) is 11.8 Å². The lowest BCUT2D eigenvalue weighted by molar-refractivity contribution is 0.776. The zero-order chi connectivity index (χ0) is 6.15. The molecule has 0 aliphatic rings. The molecule has 1 aromatic rings. The molecule has 0 saturated heterocycles. The van der Waals surface area contributed by atoms with Crippen molar-refractivity contribution >= 4 is 13.4 Å². The summed E-state index contributed by atoms with van der Waals surface area (Å²) in [5.74, 6) is 0. The van der Waals surface area contributed by atoms with Crippen molar-refractivity contribution in [1.82, 2.24) is 9.78 Å². The quantitative estimate of drug-likeness (QED) is 0.389. The Balaban J connectivity index is 3.14. The molecule has 0 aliphatic heterocycles. The molecule has 1 aromatic heterocycles. The van der Waals surface area contributed by atoms with E-state index in [0.29, 0.717) is 0 Å². The Hall–Kier alpha value is -0.725. The van der Waals surface area contributed by atoms with Crippen molar-refractivity contribution in [2.75, 3.05) is 0 Å². The summed E-state index contributed by atoms with van der Waals surface area (Å²) < 4.78 is 1.87. The van der Waals surface area contributed by atoms with Gasteiger partial charge in [0.25, 0.3) is 0 Å². The summed E-state index contributed by atoms with van der Waals surface area (Å²) in [6, 6.07) is 2.06. The molecular formula is C5H9BN2. The first-order chi connectivity index (χ1) is 3.70. The molecule has 0 atom stereocenters. The van der Waals surface area contributed by atoms with Crippen LogP contribution in [-0.4, -0.2) is 17.6 Å². The van der Waals surface area contributed by atoms with Gasteiger partial charge in [-0.3, -0.25) is 4.68 Å². The van der Waals surface area contributed by atoms with E-state index >= 15 is 0 Å². The second kappa shape index (κ2) is 1.65. The first-order valence-corrected chi connectivity index (χ1v) is 2.67. The normalized spacial score (nSPS) is 9.75. The molecule has 8 heavy (non-hydrogen) atoms. The van der Waals surface area contributed by atoms with E-state index in [2.05, 4.69) is 11.2 Å². The average molecular weight is 108 g/mol. The summed E-state index contributed by atoms with van der Waals surface area (Å²) in [7, 11) is 3.99. The van der Waals surface area contributed by atoms with E-state index in [1.54, 1.807) is 0 Å². The van der Waals surface area contributed by atoms with Crippen LogP contribution in [0.3, 0.4) is 0 Å². The van der Waals surface area contributed by atoms with Crippen molar-refractivity contribution < 1.29 is 0 Å². The number of hydrogen-bond acceptors (Lipinski definition) is 1. The Morgan fingerprint density at radius 2 is 2.38 bits per heavy atom. The Labute approximate surface area is 49.9 Å². The molecule has 0 amide bonds. The highest BCUT2D eigenvalue weighted by atomic mass is 15.3. The molecule has 42 valence electrons. The maximum atomic E-state index is 4.13. The van der Waals surface area contributed by atoms with E-state index in [-0.39, 0.29) is 0 Å². The molecule has 0 aromatic carbocycles. The third-order valence-electron chi connectivity index (χ3n) is 1.24. The van der Waals surface area contributed by atoms with Crippen LogP contribution >= 0.6 is 0 Å². The molecule has 0 bridgehead atoms. The molecule has 0 unspecified atom stereocenters. The van der Waals surface area contributed by atoms with Crippen LogP contribution in [0.15, 0.2) is 6.07 Å². The summed E-state index contributed by atoms with van der Waals surface area (Å²) in [4.78, 5) is 0. The van der Waals surface area contributed by atoms with Crippen molar-refractivity contribution in [2.45, 2.75) is 6.92 Å². The van der Waals surface area contributed by atoms with Gasteiger partial charge in [-0.1, -0.05) is 0 Å². The van der Waals surface area contributed by atoms with Crippen LogP contribution in [-0.2, 0) is 7.05 Å². The molecule has 0 spiro atoms. The second-order valence-electron chi connectivity index (χ2n) is 2.05. The molecule has 3 heteroatoms. The van der Waals surface area contributed by atoms with Crippen LogP contribution < -0.4 is 5.59 Å². The average Bonchev–Trinajstić information content (AvgIpc) is 1.85. The highest BCUT2D eigenvalue weighted by molar-refractivity contribution is 6.30. The fourth-order valence-corrected chi connectivity index (χ4v) is 0.740. The van der Waals surface area contributed by atoms with Gasteiger partial charge in [0.2, 0.25) is 0 Å². The summed E-state index contributed by atoms with van der Waals surface area (Å²) in [5.41, 5.74) is 2.30. The maximum absolute atomic E-state index is 4.13. The predicted octanol–water partition coefficient (Wildman–Crippen LogP) is -1.01. The van der Waals surface area contributed by atoms with E-state index in [4.69, 9.17) is 0 Å². The van der Waals surface area contributed by atoms with Crippen LogP contribution in [0.25, 0.3) is 0 Å². The summed E-state index contributed by atoms with van der Waals surface area (Å²) >= 11 is 0. The minimum Gasteiger partial charge on any atom is -0.282 e. The van der Waals surface area contributed by atoms with Gasteiger partial charge >= 0.3 is 0 Å². The largest absolute Gasteiger partial charge is 0.282 e. The molecule has 0 N–H and O–H groups in total. The van der Waals surface area contributed by atoms with Crippen molar-refractivity contribution in [3.8, 4) is 0 Å². The number of nitrogens with zero attached hydrogens (tertiary/aromatic N) is 2. The third-order valence-corrected chi connectivity index (χ3v) is 1.24. The number of aromatic nitrogens is 2. The molecular weight excluding hydrogens is 98.9 g/mol. The van der Waals surface area contributed by atoms with Crippen LogP contribution in [0.4, 0.5) is 0 Å². The van der Waals surface area contributed by atoms with Gasteiger partial charge in [0, 0.05) is 7.05 Å². The monoisotopic (exact) mass is 108 g/mol. The van der Waals surface area contributed by atoms with Crippen LogP contribution in [0.1, 0.15) is 5.69 Å². The van der Waals surface area contributed by atoms with Gasteiger partial charge < -0.3 is 0 Å². The second-order valence-corrected chi connectivity index (χ2v) is 2.05. The lowest BCUT2D eigenvalue weighted by Gasteiger charge is -1.88. The molecule has 0 radical (unpaired) electrons. The van der Waals surface area contributed by atoms with E-state index in [9.17, 15) is 0 Å². The first kappa shape index (κ1) is 5.41. The fourth-order valence-electron chi connectivity index (χ4n) is 0.740. The van der Waals surface area contributed by atoms with Crippen LogP contribution in [0, 0.1) is 6.92 Å². The molecule has 2 nitrogen and oxygen atoms in total. The van der Waals surface area contributed by atoms with Crippen molar-refractivity contribution in [3.63, 3.8) is 0 Å². The Morgan fingerprint density at radius 3 is 2.50 bits per heavy atom. The van der Waals surface area contributed by atoms with E-state index in [0.717, 1.165) is 5.69 Å². The van der Waals surface area contributed by atoms with Crippen LogP contribution in [0.5, 0.6) is 0 Å². The van der Waals surface area contributed by atoms with Crippen molar-refractivity contribution in [1.29, 1.82) is 0 Å². The zero-order valence-corrected chi connectivity index (χ0v) is 5.47. The topological polar surface area (TPSA) is 17.8 Å². The highest BCUT2D eigenvalue weighted by Gasteiger charge is 1.91. The molecule has 1 heterocycles. The Kier molecular flexibility index (Phi) is 1.12.